The Labute approximate surface area is 232 Å². The summed E-state index contributed by atoms with van der Waals surface area (Å²) in [5, 5.41) is 2.66. The molecule has 1 aliphatic rings. The number of carbonyl (C=O) groups excluding carboxylic acids is 2. The molecule has 0 atom stereocenters. The number of amides is 3. The normalized spacial score (nSPS) is 14.0. The number of nitrogens with zero attached hydrogens (tertiary/aromatic N) is 3. The number of para-hydroxylation sites is 2. The third-order valence-corrected chi connectivity index (χ3v) is 7.07. The second-order valence-electron chi connectivity index (χ2n) is 9.89. The third kappa shape index (κ3) is 10.0. The summed E-state index contributed by atoms with van der Waals surface area (Å²) in [6.07, 6.45) is 10.2. The summed E-state index contributed by atoms with van der Waals surface area (Å²) >= 11 is 0. The zero-order chi connectivity index (χ0) is 27.9. The third-order valence-electron chi connectivity index (χ3n) is 7.07. The molecule has 1 fully saturated rings. The van der Waals surface area contributed by atoms with E-state index in [0.717, 1.165) is 30.7 Å². The van der Waals surface area contributed by atoms with Crippen molar-refractivity contribution in [3.63, 3.8) is 0 Å². The largest absolute Gasteiger partial charge is 0.496 e. The summed E-state index contributed by atoms with van der Waals surface area (Å²) in [6, 6.07) is 13.7. The number of ether oxygens (including phenoxy) is 1. The van der Waals surface area contributed by atoms with Crippen LogP contribution in [0.2, 0.25) is 0 Å². The van der Waals surface area contributed by atoms with E-state index in [4.69, 9.17) is 4.74 Å². The van der Waals surface area contributed by atoms with Crippen molar-refractivity contribution in [3.8, 4) is 5.75 Å². The summed E-state index contributed by atoms with van der Waals surface area (Å²) in [7, 11) is 1.66. The van der Waals surface area contributed by atoms with Gasteiger partial charge in [0.25, 0.3) is 0 Å². The summed E-state index contributed by atoms with van der Waals surface area (Å²) in [5.74, 6) is 0.540. The van der Waals surface area contributed by atoms with Crippen molar-refractivity contribution < 1.29 is 18.7 Å². The van der Waals surface area contributed by atoms with Gasteiger partial charge in [-0.3, -0.25) is 9.69 Å². The van der Waals surface area contributed by atoms with Crippen LogP contribution >= 0.6 is 0 Å². The van der Waals surface area contributed by atoms with Gasteiger partial charge in [-0.1, -0.05) is 75.1 Å². The number of hydrogen-bond donors (Lipinski definition) is 1. The maximum absolute atomic E-state index is 13.9. The Bertz CT molecular complexity index is 1070. The Morgan fingerprint density at radius 1 is 1.00 bits per heavy atom. The van der Waals surface area contributed by atoms with E-state index in [1.54, 1.807) is 30.2 Å². The predicted octanol–water partition coefficient (Wildman–Crippen LogP) is 5.89. The quantitative estimate of drug-likeness (QED) is 0.305. The number of unbranched alkanes of at least 4 members (excludes halogenated alkanes) is 4. The molecule has 0 spiro atoms. The van der Waals surface area contributed by atoms with Crippen LogP contribution in [-0.4, -0.2) is 79.6 Å². The van der Waals surface area contributed by atoms with Crippen LogP contribution in [0.5, 0.6) is 5.75 Å². The standard InChI is InChI=1S/C31H43FN4O3/c1-3-4-5-6-7-18-30(37)35(19-12-14-26-13-8-11-17-29(26)39-2)23-20-34-21-24-36(25-22-34)31(38)33-28-16-10-9-15-27(28)32/h8-17H,3-7,18-25H2,1-2H3,(H,33,38)/b14-12+. The van der Waals surface area contributed by atoms with Crippen LogP contribution in [0.15, 0.2) is 54.6 Å². The molecule has 39 heavy (non-hydrogen) atoms. The van der Waals surface area contributed by atoms with E-state index in [1.165, 1.54) is 25.3 Å². The fourth-order valence-corrected chi connectivity index (χ4v) is 4.66. The van der Waals surface area contributed by atoms with Crippen molar-refractivity contribution in [1.82, 2.24) is 14.7 Å². The van der Waals surface area contributed by atoms with E-state index in [0.29, 0.717) is 45.7 Å². The predicted molar refractivity (Wildman–Crippen MR) is 155 cm³/mol. The second kappa shape index (κ2) is 16.5. The molecule has 0 aliphatic carbocycles. The zero-order valence-electron chi connectivity index (χ0n) is 23.4. The molecule has 0 aromatic heterocycles. The van der Waals surface area contributed by atoms with Gasteiger partial charge in [-0.2, -0.15) is 0 Å². The number of urea groups is 1. The lowest BCUT2D eigenvalue weighted by atomic mass is 10.1. The molecule has 1 N–H and O–H groups in total. The molecule has 1 heterocycles. The maximum atomic E-state index is 13.9. The average Bonchev–Trinajstić information content (AvgIpc) is 2.96. The molecule has 0 unspecified atom stereocenters. The summed E-state index contributed by atoms with van der Waals surface area (Å²) in [4.78, 5) is 31.6. The number of methoxy groups -OCH3 is 1. The molecule has 2 aromatic rings. The smallest absolute Gasteiger partial charge is 0.322 e. The van der Waals surface area contributed by atoms with Crippen LogP contribution in [0.25, 0.3) is 6.08 Å². The molecule has 8 heteroatoms. The van der Waals surface area contributed by atoms with E-state index in [-0.39, 0.29) is 17.6 Å². The van der Waals surface area contributed by atoms with Crippen LogP contribution in [0, 0.1) is 5.82 Å². The first-order valence-corrected chi connectivity index (χ1v) is 14.1. The van der Waals surface area contributed by atoms with E-state index in [9.17, 15) is 14.0 Å². The Morgan fingerprint density at radius 3 is 2.46 bits per heavy atom. The Balaban J connectivity index is 1.50. The van der Waals surface area contributed by atoms with E-state index >= 15 is 0 Å². The topological polar surface area (TPSA) is 65.1 Å². The maximum Gasteiger partial charge on any atom is 0.322 e. The molecule has 7 nitrogen and oxygen atoms in total. The summed E-state index contributed by atoms with van der Waals surface area (Å²) < 4.78 is 19.3. The fourth-order valence-electron chi connectivity index (χ4n) is 4.66. The van der Waals surface area contributed by atoms with Gasteiger partial charge in [0.15, 0.2) is 0 Å². The van der Waals surface area contributed by atoms with Crippen LogP contribution < -0.4 is 10.1 Å². The van der Waals surface area contributed by atoms with Gasteiger partial charge in [-0.15, -0.1) is 0 Å². The van der Waals surface area contributed by atoms with Crippen molar-refractivity contribution in [2.24, 2.45) is 0 Å². The number of carbonyl (C=O) groups is 2. The Hall–Kier alpha value is -3.39. The number of rotatable bonds is 14. The van der Waals surface area contributed by atoms with Gasteiger partial charge in [0.1, 0.15) is 11.6 Å². The minimum absolute atomic E-state index is 0.180. The number of anilines is 1. The van der Waals surface area contributed by atoms with E-state index in [2.05, 4.69) is 17.1 Å². The van der Waals surface area contributed by atoms with E-state index in [1.807, 2.05) is 41.3 Å². The molecule has 0 bridgehead atoms. The van der Waals surface area contributed by atoms with Crippen molar-refractivity contribution in [3.05, 3.63) is 66.0 Å². The lowest BCUT2D eigenvalue weighted by molar-refractivity contribution is -0.131. The monoisotopic (exact) mass is 538 g/mol. The Kier molecular flexibility index (Phi) is 12.8. The molecule has 3 amide bonds. The zero-order valence-corrected chi connectivity index (χ0v) is 23.4. The minimum atomic E-state index is -0.445. The molecular formula is C31H43FN4O3. The molecule has 1 saturated heterocycles. The van der Waals surface area contributed by atoms with Gasteiger partial charge in [0.05, 0.1) is 12.8 Å². The highest BCUT2D eigenvalue weighted by molar-refractivity contribution is 5.89. The van der Waals surface area contributed by atoms with Gasteiger partial charge in [0, 0.05) is 57.8 Å². The number of piperazine rings is 1. The number of benzene rings is 2. The minimum Gasteiger partial charge on any atom is -0.496 e. The highest BCUT2D eigenvalue weighted by Crippen LogP contribution is 2.19. The second-order valence-corrected chi connectivity index (χ2v) is 9.89. The number of hydrogen-bond acceptors (Lipinski definition) is 4. The van der Waals surface area contributed by atoms with Crippen LogP contribution in [0.3, 0.4) is 0 Å². The summed E-state index contributed by atoms with van der Waals surface area (Å²) in [5.41, 5.74) is 1.17. The van der Waals surface area contributed by atoms with Gasteiger partial charge in [-0.25, -0.2) is 9.18 Å². The first-order valence-electron chi connectivity index (χ1n) is 14.1. The van der Waals surface area contributed by atoms with Crippen molar-refractivity contribution in [1.29, 1.82) is 0 Å². The highest BCUT2D eigenvalue weighted by atomic mass is 19.1. The van der Waals surface area contributed by atoms with Crippen LogP contribution in [0.1, 0.15) is 51.0 Å². The SMILES string of the molecule is CCCCCCCC(=O)N(C/C=C/c1ccccc1OC)CCN1CCN(C(=O)Nc2ccccc2F)CC1. The molecule has 0 saturated carbocycles. The van der Waals surface area contributed by atoms with Gasteiger partial charge in [-0.05, 0) is 24.6 Å². The van der Waals surface area contributed by atoms with Gasteiger partial charge in [0.2, 0.25) is 5.91 Å². The van der Waals surface area contributed by atoms with Crippen LogP contribution in [0.4, 0.5) is 14.9 Å². The first-order chi connectivity index (χ1) is 19.0. The van der Waals surface area contributed by atoms with E-state index < -0.39 is 5.82 Å². The van der Waals surface area contributed by atoms with Crippen molar-refractivity contribution >= 4 is 23.7 Å². The first kappa shape index (κ1) is 30.2. The molecular weight excluding hydrogens is 495 g/mol. The lowest BCUT2D eigenvalue weighted by Gasteiger charge is -2.35. The molecule has 2 aromatic carbocycles. The molecule has 3 rings (SSSR count). The highest BCUT2D eigenvalue weighted by Gasteiger charge is 2.22. The van der Waals surface area contributed by atoms with Crippen molar-refractivity contribution in [2.75, 3.05) is 58.2 Å². The molecule has 212 valence electrons. The number of halogens is 1. The van der Waals surface area contributed by atoms with Gasteiger partial charge >= 0.3 is 6.03 Å². The number of nitrogens with one attached hydrogen (secondary N) is 1. The molecule has 0 radical (unpaired) electrons. The average molecular weight is 539 g/mol. The fraction of sp³-hybridized carbons (Fsp3) is 0.484. The Morgan fingerprint density at radius 2 is 1.72 bits per heavy atom. The van der Waals surface area contributed by atoms with Crippen molar-refractivity contribution in [2.45, 2.75) is 45.4 Å². The molecule has 1 aliphatic heterocycles. The summed E-state index contributed by atoms with van der Waals surface area (Å²) in [6.45, 7) is 6.63. The van der Waals surface area contributed by atoms with Crippen LogP contribution in [-0.2, 0) is 4.79 Å². The lowest BCUT2D eigenvalue weighted by Crippen LogP contribution is -2.51. The van der Waals surface area contributed by atoms with Gasteiger partial charge < -0.3 is 19.9 Å².